The van der Waals surface area contributed by atoms with Crippen molar-refractivity contribution in [2.45, 2.75) is 18.8 Å². The Bertz CT molecular complexity index is 558. The lowest BCUT2D eigenvalue weighted by atomic mass is 9.82. The van der Waals surface area contributed by atoms with E-state index in [2.05, 4.69) is 42.5 Å². The average molecular weight is 193 g/mol. The van der Waals surface area contributed by atoms with Crippen molar-refractivity contribution in [3.63, 3.8) is 0 Å². The van der Waals surface area contributed by atoms with Gasteiger partial charge >= 0.3 is 0 Å². The van der Waals surface area contributed by atoms with Gasteiger partial charge in [0.25, 0.3) is 0 Å². The molecule has 0 radical (unpaired) electrons. The Hall–Kier alpha value is -1.81. The third kappa shape index (κ3) is 1.15. The van der Waals surface area contributed by atoms with Crippen molar-refractivity contribution in [3.05, 3.63) is 47.5 Å². The van der Waals surface area contributed by atoms with Crippen LogP contribution in [0.25, 0.3) is 10.8 Å². The minimum Gasteiger partial charge on any atom is -0.198 e. The number of rotatable bonds is 0. The number of hydrogen-bond acceptors (Lipinski definition) is 1. The molecule has 0 aliphatic heterocycles. The Kier molecular flexibility index (Phi) is 1.76. The molecule has 0 heterocycles. The number of nitrogens with zero attached hydrogens (tertiary/aromatic N) is 1. The molecule has 0 unspecified atom stereocenters. The van der Waals surface area contributed by atoms with E-state index in [0.29, 0.717) is 0 Å². The lowest BCUT2D eigenvalue weighted by Crippen LogP contribution is -2.06. The maximum atomic E-state index is 9.12. The van der Waals surface area contributed by atoms with Gasteiger partial charge in [0.1, 0.15) is 0 Å². The van der Waals surface area contributed by atoms with Gasteiger partial charge in [-0.2, -0.15) is 5.26 Å². The van der Waals surface area contributed by atoms with E-state index < -0.39 is 0 Å². The molecule has 0 saturated carbocycles. The van der Waals surface area contributed by atoms with Crippen molar-refractivity contribution in [3.8, 4) is 6.07 Å². The molecule has 0 N–H and O–H groups in total. The highest BCUT2D eigenvalue weighted by Gasteiger charge is 2.20. The molecule has 1 aliphatic rings. The summed E-state index contributed by atoms with van der Waals surface area (Å²) in [4.78, 5) is 0. The third-order valence-corrected chi connectivity index (χ3v) is 3.26. The number of hydrogen-bond donors (Lipinski definition) is 0. The summed E-state index contributed by atoms with van der Waals surface area (Å²) in [6.45, 7) is 0. The summed E-state index contributed by atoms with van der Waals surface area (Å²) in [5, 5.41) is 11.7. The van der Waals surface area contributed by atoms with Crippen LogP contribution >= 0.6 is 0 Å². The van der Waals surface area contributed by atoms with Gasteiger partial charge in [0.15, 0.2) is 0 Å². The Morgan fingerprint density at radius 1 is 1.13 bits per heavy atom. The largest absolute Gasteiger partial charge is 0.198 e. The lowest BCUT2D eigenvalue weighted by Gasteiger charge is -2.20. The second-order valence-electron chi connectivity index (χ2n) is 4.08. The van der Waals surface area contributed by atoms with Crippen LogP contribution in [0.1, 0.15) is 23.5 Å². The fourth-order valence-corrected chi connectivity index (χ4v) is 2.54. The van der Waals surface area contributed by atoms with Crippen LogP contribution in [0.5, 0.6) is 0 Å². The molecule has 0 fully saturated rings. The van der Waals surface area contributed by atoms with Crippen molar-refractivity contribution in [2.75, 3.05) is 0 Å². The zero-order chi connectivity index (χ0) is 10.3. The van der Waals surface area contributed by atoms with Crippen molar-refractivity contribution in [1.29, 1.82) is 5.26 Å². The minimum absolute atomic E-state index is 0.0867. The molecular weight excluding hydrogens is 182 g/mol. The summed E-state index contributed by atoms with van der Waals surface area (Å²) >= 11 is 0. The van der Waals surface area contributed by atoms with Gasteiger partial charge in [-0.1, -0.05) is 36.4 Å². The van der Waals surface area contributed by atoms with Crippen molar-refractivity contribution < 1.29 is 0 Å². The van der Waals surface area contributed by atoms with E-state index in [1.54, 1.807) is 0 Å². The fourth-order valence-electron chi connectivity index (χ4n) is 2.54. The molecule has 1 aliphatic carbocycles. The maximum absolute atomic E-state index is 9.12. The fraction of sp³-hybridized carbons (Fsp3) is 0.214. The average Bonchev–Trinajstić information content (AvgIpc) is 2.30. The van der Waals surface area contributed by atoms with Crippen LogP contribution in [-0.2, 0) is 6.42 Å². The Morgan fingerprint density at radius 2 is 1.93 bits per heavy atom. The first-order valence-electron chi connectivity index (χ1n) is 5.30. The molecule has 0 spiro atoms. The van der Waals surface area contributed by atoms with Gasteiger partial charge < -0.3 is 0 Å². The third-order valence-electron chi connectivity index (χ3n) is 3.26. The molecule has 1 nitrogen and oxygen atoms in total. The standard InChI is InChI=1S/C14H11N/c15-9-12-8-7-11-4-1-3-10-5-2-6-13(12)14(10)11/h1-6,12H,7-8H2/t12-/m1/s1. The van der Waals surface area contributed by atoms with Gasteiger partial charge in [-0.25, -0.2) is 0 Å². The van der Waals surface area contributed by atoms with Crippen LogP contribution in [0, 0.1) is 11.3 Å². The van der Waals surface area contributed by atoms with Gasteiger partial charge in [-0.3, -0.25) is 0 Å². The van der Waals surface area contributed by atoms with Crippen LogP contribution in [0.4, 0.5) is 0 Å². The van der Waals surface area contributed by atoms with E-state index in [-0.39, 0.29) is 5.92 Å². The molecule has 0 aromatic heterocycles. The molecule has 0 saturated heterocycles. The first-order valence-corrected chi connectivity index (χ1v) is 5.30. The molecule has 0 amide bonds. The van der Waals surface area contributed by atoms with E-state index >= 15 is 0 Å². The predicted molar refractivity (Wildman–Crippen MR) is 60.6 cm³/mol. The highest BCUT2D eigenvalue weighted by atomic mass is 14.3. The lowest BCUT2D eigenvalue weighted by molar-refractivity contribution is 0.735. The van der Waals surface area contributed by atoms with Gasteiger partial charge in [0, 0.05) is 0 Å². The van der Waals surface area contributed by atoms with E-state index in [1.165, 1.54) is 21.9 Å². The van der Waals surface area contributed by atoms with Crippen molar-refractivity contribution in [2.24, 2.45) is 0 Å². The van der Waals surface area contributed by atoms with Gasteiger partial charge in [-0.15, -0.1) is 0 Å². The highest BCUT2D eigenvalue weighted by molar-refractivity contribution is 5.90. The zero-order valence-electron chi connectivity index (χ0n) is 8.40. The van der Waals surface area contributed by atoms with Gasteiger partial charge in [0.2, 0.25) is 0 Å². The monoisotopic (exact) mass is 193 g/mol. The summed E-state index contributed by atoms with van der Waals surface area (Å²) in [6.07, 6.45) is 2.00. The molecular formula is C14H11N. The van der Waals surface area contributed by atoms with E-state index in [1.807, 2.05) is 0 Å². The smallest absolute Gasteiger partial charge is 0.0722 e. The summed E-state index contributed by atoms with van der Waals surface area (Å²) in [7, 11) is 0. The number of aryl methyl sites for hydroxylation is 1. The van der Waals surface area contributed by atoms with Crippen LogP contribution < -0.4 is 0 Å². The summed E-state index contributed by atoms with van der Waals surface area (Å²) in [6, 6.07) is 15.1. The van der Waals surface area contributed by atoms with Crippen LogP contribution in [-0.4, -0.2) is 0 Å². The van der Waals surface area contributed by atoms with Crippen molar-refractivity contribution >= 4 is 10.8 Å². The van der Waals surface area contributed by atoms with Crippen LogP contribution in [0.3, 0.4) is 0 Å². The number of benzene rings is 2. The van der Waals surface area contributed by atoms with Gasteiger partial charge in [-0.05, 0) is 34.7 Å². The topological polar surface area (TPSA) is 23.8 Å². The summed E-state index contributed by atoms with van der Waals surface area (Å²) in [5.74, 6) is 0.0867. The van der Waals surface area contributed by atoms with E-state index in [9.17, 15) is 0 Å². The molecule has 1 atom stereocenters. The second kappa shape index (κ2) is 3.10. The van der Waals surface area contributed by atoms with E-state index in [0.717, 1.165) is 12.8 Å². The van der Waals surface area contributed by atoms with Crippen LogP contribution in [0.15, 0.2) is 36.4 Å². The highest BCUT2D eigenvalue weighted by Crippen LogP contribution is 2.35. The Labute approximate surface area is 89.0 Å². The van der Waals surface area contributed by atoms with E-state index in [4.69, 9.17) is 5.26 Å². The van der Waals surface area contributed by atoms with Crippen molar-refractivity contribution in [1.82, 2.24) is 0 Å². The Morgan fingerprint density at radius 3 is 2.73 bits per heavy atom. The molecule has 72 valence electrons. The quantitative estimate of drug-likeness (QED) is 0.629. The number of nitriles is 1. The first-order chi connectivity index (χ1) is 7.40. The molecule has 2 aromatic carbocycles. The maximum Gasteiger partial charge on any atom is 0.0722 e. The van der Waals surface area contributed by atoms with Crippen LogP contribution in [0.2, 0.25) is 0 Å². The normalized spacial score (nSPS) is 18.7. The molecule has 15 heavy (non-hydrogen) atoms. The SMILES string of the molecule is N#C[C@H]1CCc2cccc3cccc1c23. The molecule has 0 bridgehead atoms. The molecule has 1 heteroatoms. The minimum atomic E-state index is 0.0867. The predicted octanol–water partition coefficient (Wildman–Crippen LogP) is 3.39. The second-order valence-corrected chi connectivity index (χ2v) is 4.08. The summed E-state index contributed by atoms with van der Waals surface area (Å²) < 4.78 is 0. The van der Waals surface area contributed by atoms with Gasteiger partial charge in [0.05, 0.1) is 12.0 Å². The first kappa shape index (κ1) is 8.49. The summed E-state index contributed by atoms with van der Waals surface area (Å²) in [5.41, 5.74) is 2.62. The Balaban J connectivity index is 2.42. The molecule has 3 rings (SSSR count). The zero-order valence-corrected chi connectivity index (χ0v) is 8.40. The molecule has 2 aromatic rings.